The van der Waals surface area contributed by atoms with Gasteiger partial charge in [0, 0.05) is 19.2 Å². The molecular weight excluding hydrogens is 322 g/mol. The number of non-ortho nitro benzene ring substituents is 1. The number of nitro benzene ring substituents is 1. The topological polar surface area (TPSA) is 89.5 Å². The van der Waals surface area contributed by atoms with Crippen LogP contribution in [0, 0.1) is 10.1 Å². The molecule has 8 heteroatoms. The summed E-state index contributed by atoms with van der Waals surface area (Å²) in [6.07, 6.45) is 0. The molecule has 2 aromatic carbocycles. The number of carbonyl (C=O) groups excluding carboxylic acids is 1. The van der Waals surface area contributed by atoms with Crippen molar-refractivity contribution in [1.29, 1.82) is 0 Å². The van der Waals surface area contributed by atoms with Gasteiger partial charge in [-0.15, -0.1) is 0 Å². The SMILES string of the molecule is CN(C(=O)c1ccc([N+](=O)[O-])cc1Cl)c1nc2ccccc2o1. The van der Waals surface area contributed by atoms with E-state index in [0.29, 0.717) is 11.1 Å². The third-order valence-corrected chi connectivity index (χ3v) is 3.58. The van der Waals surface area contributed by atoms with E-state index < -0.39 is 10.8 Å². The first-order valence-corrected chi connectivity index (χ1v) is 6.93. The molecule has 23 heavy (non-hydrogen) atoms. The maximum absolute atomic E-state index is 12.5. The van der Waals surface area contributed by atoms with Crippen molar-refractivity contribution < 1.29 is 14.1 Å². The van der Waals surface area contributed by atoms with Crippen LogP contribution < -0.4 is 4.90 Å². The number of halogens is 1. The van der Waals surface area contributed by atoms with Crippen LogP contribution >= 0.6 is 11.6 Å². The molecule has 3 rings (SSSR count). The van der Waals surface area contributed by atoms with Crippen molar-refractivity contribution in [2.75, 3.05) is 11.9 Å². The molecule has 0 saturated carbocycles. The number of oxazole rings is 1. The molecular formula is C15H10ClN3O4. The zero-order valence-electron chi connectivity index (χ0n) is 11.9. The van der Waals surface area contributed by atoms with E-state index in [0.717, 1.165) is 6.07 Å². The fourth-order valence-corrected chi connectivity index (χ4v) is 2.32. The van der Waals surface area contributed by atoms with Gasteiger partial charge in [0.1, 0.15) is 5.52 Å². The molecule has 0 aliphatic rings. The van der Waals surface area contributed by atoms with E-state index in [2.05, 4.69) is 4.98 Å². The molecule has 0 atom stereocenters. The number of anilines is 1. The van der Waals surface area contributed by atoms with Crippen molar-refractivity contribution in [3.8, 4) is 0 Å². The zero-order valence-corrected chi connectivity index (χ0v) is 12.6. The van der Waals surface area contributed by atoms with Gasteiger partial charge in [0.25, 0.3) is 11.6 Å². The van der Waals surface area contributed by atoms with Crippen molar-refractivity contribution in [3.05, 3.63) is 63.2 Å². The number of hydrogen-bond acceptors (Lipinski definition) is 5. The van der Waals surface area contributed by atoms with E-state index in [1.807, 2.05) is 6.07 Å². The Morgan fingerprint density at radius 2 is 2.04 bits per heavy atom. The van der Waals surface area contributed by atoms with Crippen LogP contribution in [0.3, 0.4) is 0 Å². The number of nitro groups is 1. The lowest BCUT2D eigenvalue weighted by Crippen LogP contribution is -2.26. The third kappa shape index (κ3) is 2.74. The van der Waals surface area contributed by atoms with Gasteiger partial charge in [0.15, 0.2) is 5.58 Å². The molecule has 0 radical (unpaired) electrons. The first kappa shape index (κ1) is 15.0. The largest absolute Gasteiger partial charge is 0.423 e. The Morgan fingerprint density at radius 3 is 2.70 bits per heavy atom. The van der Waals surface area contributed by atoms with Crippen LogP contribution in [0.1, 0.15) is 10.4 Å². The highest BCUT2D eigenvalue weighted by Gasteiger charge is 2.22. The molecule has 7 nitrogen and oxygen atoms in total. The number of amides is 1. The molecule has 0 aliphatic heterocycles. The number of para-hydroxylation sites is 2. The quantitative estimate of drug-likeness (QED) is 0.539. The lowest BCUT2D eigenvalue weighted by Gasteiger charge is -2.13. The normalized spacial score (nSPS) is 10.7. The minimum atomic E-state index is -0.579. The summed E-state index contributed by atoms with van der Waals surface area (Å²) in [5, 5.41) is 10.7. The van der Waals surface area contributed by atoms with E-state index in [4.69, 9.17) is 16.0 Å². The van der Waals surface area contributed by atoms with Crippen molar-refractivity contribution in [2.24, 2.45) is 0 Å². The van der Waals surface area contributed by atoms with E-state index in [1.165, 1.54) is 24.1 Å². The van der Waals surface area contributed by atoms with Crippen molar-refractivity contribution in [1.82, 2.24) is 4.98 Å². The van der Waals surface area contributed by atoms with Crippen molar-refractivity contribution >= 4 is 40.3 Å². The summed E-state index contributed by atoms with van der Waals surface area (Å²) in [5.74, 6) is -0.476. The fraction of sp³-hybridized carbons (Fsp3) is 0.0667. The van der Waals surface area contributed by atoms with Crippen molar-refractivity contribution in [3.63, 3.8) is 0 Å². The number of benzene rings is 2. The maximum Gasteiger partial charge on any atom is 0.305 e. The second-order valence-corrected chi connectivity index (χ2v) is 5.16. The van der Waals surface area contributed by atoms with Crippen LogP contribution in [-0.2, 0) is 0 Å². The predicted molar refractivity (Wildman–Crippen MR) is 84.8 cm³/mol. The number of hydrogen-bond donors (Lipinski definition) is 0. The molecule has 0 spiro atoms. The van der Waals surface area contributed by atoms with Crippen LogP contribution in [0.5, 0.6) is 0 Å². The average molecular weight is 332 g/mol. The second kappa shape index (κ2) is 5.69. The number of carbonyl (C=O) groups is 1. The van der Waals surface area contributed by atoms with E-state index >= 15 is 0 Å². The van der Waals surface area contributed by atoms with E-state index in [1.54, 1.807) is 18.2 Å². The lowest BCUT2D eigenvalue weighted by atomic mass is 10.2. The molecule has 0 aliphatic carbocycles. The average Bonchev–Trinajstić information content (AvgIpc) is 2.97. The summed E-state index contributed by atoms with van der Waals surface area (Å²) in [4.78, 5) is 28.1. The smallest absolute Gasteiger partial charge is 0.305 e. The Kier molecular flexibility index (Phi) is 3.71. The van der Waals surface area contributed by atoms with Gasteiger partial charge in [-0.3, -0.25) is 19.8 Å². The monoisotopic (exact) mass is 331 g/mol. The highest BCUT2D eigenvalue weighted by Crippen LogP contribution is 2.26. The van der Waals surface area contributed by atoms with Gasteiger partial charge in [0.2, 0.25) is 0 Å². The van der Waals surface area contributed by atoms with E-state index in [-0.39, 0.29) is 22.3 Å². The van der Waals surface area contributed by atoms with Gasteiger partial charge >= 0.3 is 6.01 Å². The Morgan fingerprint density at radius 1 is 1.30 bits per heavy atom. The first-order chi connectivity index (χ1) is 11.0. The summed E-state index contributed by atoms with van der Waals surface area (Å²) >= 11 is 5.98. The molecule has 116 valence electrons. The Bertz CT molecular complexity index is 889. The van der Waals surface area contributed by atoms with Crippen LogP contribution in [0.2, 0.25) is 5.02 Å². The summed E-state index contributed by atoms with van der Waals surface area (Å²) in [6.45, 7) is 0. The zero-order chi connectivity index (χ0) is 16.6. The highest BCUT2D eigenvalue weighted by molar-refractivity contribution is 6.34. The summed E-state index contributed by atoms with van der Waals surface area (Å²) in [6, 6.07) is 10.9. The standard InChI is InChI=1S/C15H10ClN3O4/c1-18(15-17-12-4-2-3-5-13(12)23-15)14(20)10-7-6-9(19(21)22)8-11(10)16/h2-8H,1H3. The summed E-state index contributed by atoms with van der Waals surface area (Å²) < 4.78 is 5.52. The summed E-state index contributed by atoms with van der Waals surface area (Å²) in [7, 11) is 1.49. The minimum Gasteiger partial charge on any atom is -0.423 e. The molecule has 0 saturated heterocycles. The molecule has 1 aromatic heterocycles. The van der Waals surface area contributed by atoms with Gasteiger partial charge in [-0.1, -0.05) is 23.7 Å². The molecule has 0 unspecified atom stereocenters. The molecule has 1 amide bonds. The Balaban J connectivity index is 1.94. The van der Waals surface area contributed by atoms with Gasteiger partial charge in [0.05, 0.1) is 15.5 Å². The predicted octanol–water partition coefficient (Wildman–Crippen LogP) is 3.67. The van der Waals surface area contributed by atoms with Crippen LogP contribution in [-0.4, -0.2) is 22.9 Å². The van der Waals surface area contributed by atoms with Crippen molar-refractivity contribution in [2.45, 2.75) is 0 Å². The van der Waals surface area contributed by atoms with E-state index in [9.17, 15) is 14.9 Å². The van der Waals surface area contributed by atoms with Gasteiger partial charge in [-0.2, -0.15) is 4.98 Å². The van der Waals surface area contributed by atoms with Gasteiger partial charge < -0.3 is 4.42 Å². The second-order valence-electron chi connectivity index (χ2n) is 4.75. The first-order valence-electron chi connectivity index (χ1n) is 6.55. The van der Waals surface area contributed by atoms with Gasteiger partial charge in [-0.05, 0) is 18.2 Å². The molecule has 0 N–H and O–H groups in total. The fourth-order valence-electron chi connectivity index (χ4n) is 2.06. The third-order valence-electron chi connectivity index (χ3n) is 3.27. The molecule has 0 bridgehead atoms. The highest BCUT2D eigenvalue weighted by atomic mass is 35.5. The number of aromatic nitrogens is 1. The molecule has 3 aromatic rings. The number of rotatable bonds is 3. The van der Waals surface area contributed by atoms with Crippen LogP contribution in [0.4, 0.5) is 11.7 Å². The molecule has 0 fully saturated rings. The Hall–Kier alpha value is -2.93. The number of nitrogens with zero attached hydrogens (tertiary/aromatic N) is 3. The molecule has 1 heterocycles. The van der Waals surface area contributed by atoms with Crippen LogP contribution in [0.15, 0.2) is 46.9 Å². The lowest BCUT2D eigenvalue weighted by molar-refractivity contribution is -0.384. The van der Waals surface area contributed by atoms with Crippen LogP contribution in [0.25, 0.3) is 11.1 Å². The summed E-state index contributed by atoms with van der Waals surface area (Å²) in [5.41, 5.74) is 1.12. The van der Waals surface area contributed by atoms with Gasteiger partial charge in [-0.25, -0.2) is 0 Å². The minimum absolute atomic E-state index is 0.00726. The maximum atomic E-state index is 12.5. The Labute approximate surface area is 135 Å². The number of fused-ring (bicyclic) bond motifs is 1.